The molecule has 0 aliphatic carbocycles. The molecule has 0 saturated carbocycles. The standard InChI is InChI=1S/C17H14FNOS2/c1-2-8-19(11-12-5-4-9-21-12)17(20)16-10-13-14(18)6-3-7-15(13)22-16/h2-7,9-10H,1,8,11H2. The summed E-state index contributed by atoms with van der Waals surface area (Å²) in [6.45, 7) is 4.72. The van der Waals surface area contributed by atoms with E-state index >= 15 is 0 Å². The molecule has 3 rings (SSSR count). The summed E-state index contributed by atoms with van der Waals surface area (Å²) in [6, 6.07) is 10.5. The monoisotopic (exact) mass is 331 g/mol. The van der Waals surface area contributed by atoms with Gasteiger partial charge >= 0.3 is 0 Å². The lowest BCUT2D eigenvalue weighted by Gasteiger charge is -2.19. The molecule has 0 aliphatic heterocycles. The molecule has 0 aliphatic rings. The Morgan fingerprint density at radius 2 is 2.18 bits per heavy atom. The molecule has 2 aromatic heterocycles. The van der Waals surface area contributed by atoms with Crippen molar-refractivity contribution < 1.29 is 9.18 Å². The van der Waals surface area contributed by atoms with Crippen molar-refractivity contribution in [3.05, 3.63) is 70.0 Å². The smallest absolute Gasteiger partial charge is 0.264 e. The summed E-state index contributed by atoms with van der Waals surface area (Å²) >= 11 is 2.94. The van der Waals surface area contributed by atoms with Gasteiger partial charge in [-0.3, -0.25) is 4.79 Å². The molecule has 2 nitrogen and oxygen atoms in total. The maximum absolute atomic E-state index is 13.8. The summed E-state index contributed by atoms with van der Waals surface area (Å²) < 4.78 is 14.6. The summed E-state index contributed by atoms with van der Waals surface area (Å²) in [5, 5.41) is 2.49. The Bertz CT molecular complexity index is 807. The number of amides is 1. The summed E-state index contributed by atoms with van der Waals surface area (Å²) in [6.07, 6.45) is 1.71. The van der Waals surface area contributed by atoms with Crippen molar-refractivity contribution in [3.8, 4) is 0 Å². The van der Waals surface area contributed by atoms with E-state index in [0.717, 1.165) is 9.58 Å². The van der Waals surface area contributed by atoms with Crippen LogP contribution in [0.15, 0.2) is 54.4 Å². The van der Waals surface area contributed by atoms with Gasteiger partial charge in [0, 0.05) is 21.5 Å². The molecule has 0 N–H and O–H groups in total. The third-order valence-corrected chi connectivity index (χ3v) is 5.23. The Labute approximate surface area is 136 Å². The minimum absolute atomic E-state index is 0.0890. The van der Waals surface area contributed by atoms with Gasteiger partial charge in [-0.1, -0.05) is 18.2 Å². The molecule has 0 unspecified atom stereocenters. The highest BCUT2D eigenvalue weighted by Crippen LogP contribution is 2.29. The summed E-state index contributed by atoms with van der Waals surface area (Å²) in [5.41, 5.74) is 0. The molecule has 1 aromatic carbocycles. The number of carbonyl (C=O) groups is 1. The van der Waals surface area contributed by atoms with Gasteiger partial charge in [0.25, 0.3) is 5.91 Å². The first-order valence-electron chi connectivity index (χ1n) is 6.79. The van der Waals surface area contributed by atoms with Crippen LogP contribution in [0.4, 0.5) is 4.39 Å². The van der Waals surface area contributed by atoms with E-state index in [1.54, 1.807) is 34.4 Å². The van der Waals surface area contributed by atoms with Crippen LogP contribution in [0.3, 0.4) is 0 Å². The van der Waals surface area contributed by atoms with Crippen LogP contribution >= 0.6 is 22.7 Å². The normalized spacial score (nSPS) is 10.8. The number of nitrogens with zero attached hydrogens (tertiary/aromatic N) is 1. The second-order valence-electron chi connectivity index (χ2n) is 4.82. The van der Waals surface area contributed by atoms with Crippen LogP contribution < -0.4 is 0 Å². The molecule has 0 atom stereocenters. The number of benzene rings is 1. The fourth-order valence-corrected chi connectivity index (χ4v) is 4.01. The van der Waals surface area contributed by atoms with E-state index in [9.17, 15) is 9.18 Å². The average molecular weight is 331 g/mol. The fourth-order valence-electron chi connectivity index (χ4n) is 2.25. The lowest BCUT2D eigenvalue weighted by atomic mass is 10.2. The Kier molecular flexibility index (Phi) is 4.36. The van der Waals surface area contributed by atoms with Crippen molar-refractivity contribution in [2.75, 3.05) is 6.54 Å². The van der Waals surface area contributed by atoms with Crippen molar-refractivity contribution >= 4 is 38.7 Å². The molecule has 0 fully saturated rings. The minimum Gasteiger partial charge on any atom is -0.329 e. The highest BCUT2D eigenvalue weighted by Gasteiger charge is 2.19. The van der Waals surface area contributed by atoms with Gasteiger partial charge in [0.2, 0.25) is 0 Å². The molecular weight excluding hydrogens is 317 g/mol. The number of carbonyl (C=O) groups excluding carboxylic acids is 1. The van der Waals surface area contributed by atoms with Crippen LogP contribution in [0.2, 0.25) is 0 Å². The number of hydrogen-bond donors (Lipinski definition) is 0. The Hall–Kier alpha value is -1.98. The molecule has 0 saturated heterocycles. The Morgan fingerprint density at radius 3 is 2.86 bits per heavy atom. The highest BCUT2D eigenvalue weighted by molar-refractivity contribution is 7.20. The van der Waals surface area contributed by atoms with Gasteiger partial charge in [-0.15, -0.1) is 29.3 Å². The number of hydrogen-bond acceptors (Lipinski definition) is 3. The number of rotatable bonds is 5. The molecule has 5 heteroatoms. The highest BCUT2D eigenvalue weighted by atomic mass is 32.1. The van der Waals surface area contributed by atoms with Gasteiger partial charge in [0.05, 0.1) is 11.4 Å². The van der Waals surface area contributed by atoms with Crippen LogP contribution in [-0.4, -0.2) is 17.4 Å². The zero-order valence-electron chi connectivity index (χ0n) is 11.8. The predicted octanol–water partition coefficient (Wildman–Crippen LogP) is 4.93. The molecule has 0 radical (unpaired) electrons. The third kappa shape index (κ3) is 2.96. The van der Waals surface area contributed by atoms with Crippen LogP contribution in [-0.2, 0) is 6.54 Å². The van der Waals surface area contributed by atoms with E-state index in [1.165, 1.54) is 17.4 Å². The third-order valence-electron chi connectivity index (χ3n) is 3.28. The SMILES string of the molecule is C=CCN(Cc1cccs1)C(=O)c1cc2c(F)cccc2s1. The van der Waals surface area contributed by atoms with Gasteiger partial charge in [0.1, 0.15) is 5.82 Å². The topological polar surface area (TPSA) is 20.3 Å². The van der Waals surface area contributed by atoms with Crippen LogP contribution in [0, 0.1) is 5.82 Å². The molecule has 0 bridgehead atoms. The van der Waals surface area contributed by atoms with E-state index in [4.69, 9.17) is 0 Å². The second kappa shape index (κ2) is 6.42. The van der Waals surface area contributed by atoms with Gasteiger partial charge in [-0.05, 0) is 29.6 Å². The molecule has 3 aromatic rings. The van der Waals surface area contributed by atoms with E-state index in [2.05, 4.69) is 6.58 Å². The summed E-state index contributed by atoms with van der Waals surface area (Å²) in [5.74, 6) is -0.379. The molecule has 22 heavy (non-hydrogen) atoms. The van der Waals surface area contributed by atoms with E-state index in [-0.39, 0.29) is 11.7 Å². The van der Waals surface area contributed by atoms with Crippen LogP contribution in [0.1, 0.15) is 14.5 Å². The first kappa shape index (κ1) is 14.9. The second-order valence-corrected chi connectivity index (χ2v) is 6.93. The molecule has 112 valence electrons. The largest absolute Gasteiger partial charge is 0.329 e. The Morgan fingerprint density at radius 1 is 1.32 bits per heavy atom. The van der Waals surface area contributed by atoms with Crippen molar-refractivity contribution in [1.29, 1.82) is 0 Å². The fraction of sp³-hybridized carbons (Fsp3) is 0.118. The first-order valence-corrected chi connectivity index (χ1v) is 8.49. The van der Waals surface area contributed by atoms with Crippen molar-refractivity contribution in [2.45, 2.75) is 6.54 Å². The summed E-state index contributed by atoms with van der Waals surface area (Å²) in [7, 11) is 0. The predicted molar refractivity (Wildman–Crippen MR) is 91.0 cm³/mol. The van der Waals surface area contributed by atoms with Crippen LogP contribution in [0.5, 0.6) is 0 Å². The quantitative estimate of drug-likeness (QED) is 0.607. The zero-order valence-corrected chi connectivity index (χ0v) is 13.4. The van der Waals surface area contributed by atoms with E-state index < -0.39 is 0 Å². The van der Waals surface area contributed by atoms with Crippen LogP contribution in [0.25, 0.3) is 10.1 Å². The maximum atomic E-state index is 13.8. The number of thiophene rings is 2. The molecular formula is C17H14FNOS2. The first-order chi connectivity index (χ1) is 10.7. The Balaban J connectivity index is 1.90. The number of halogens is 1. The molecule has 1 amide bonds. The van der Waals surface area contributed by atoms with Gasteiger partial charge < -0.3 is 4.90 Å². The summed E-state index contributed by atoms with van der Waals surface area (Å²) in [4.78, 5) is 16.1. The van der Waals surface area contributed by atoms with Gasteiger partial charge in [-0.25, -0.2) is 4.39 Å². The van der Waals surface area contributed by atoms with Crippen molar-refractivity contribution in [1.82, 2.24) is 4.90 Å². The molecule has 0 spiro atoms. The van der Waals surface area contributed by atoms with Gasteiger partial charge in [-0.2, -0.15) is 0 Å². The van der Waals surface area contributed by atoms with Gasteiger partial charge in [0.15, 0.2) is 0 Å². The number of fused-ring (bicyclic) bond motifs is 1. The maximum Gasteiger partial charge on any atom is 0.264 e. The van der Waals surface area contributed by atoms with E-state index in [0.29, 0.717) is 23.4 Å². The van der Waals surface area contributed by atoms with E-state index in [1.807, 2.05) is 23.6 Å². The zero-order chi connectivity index (χ0) is 15.5. The minimum atomic E-state index is -0.290. The van der Waals surface area contributed by atoms with Crippen molar-refractivity contribution in [2.24, 2.45) is 0 Å². The lowest BCUT2D eigenvalue weighted by Crippen LogP contribution is -2.29. The lowest BCUT2D eigenvalue weighted by molar-refractivity contribution is 0.0769. The average Bonchev–Trinajstić information content (AvgIpc) is 3.15. The molecule has 2 heterocycles. The van der Waals surface area contributed by atoms with Crippen molar-refractivity contribution in [3.63, 3.8) is 0 Å².